The molecule has 7 rings (SSSR count). The summed E-state index contributed by atoms with van der Waals surface area (Å²) in [7, 11) is 2.09. The number of ether oxygens (including phenoxy) is 1. The molecule has 3 fully saturated rings. The molecule has 4 aromatic rings. The van der Waals surface area contributed by atoms with Gasteiger partial charge in [-0.25, -0.2) is 14.0 Å². The van der Waals surface area contributed by atoms with Crippen LogP contribution in [0, 0.1) is 17.7 Å². The summed E-state index contributed by atoms with van der Waals surface area (Å²) in [5.74, 6) is -4.36. The van der Waals surface area contributed by atoms with Gasteiger partial charge in [0.2, 0.25) is 0 Å². The predicted octanol–water partition coefficient (Wildman–Crippen LogP) is 5.06. The normalized spacial score (nSPS) is 21.3. The number of phenolic OH excluding ortho intramolecular Hbond substituents is 1. The second-order valence-electron chi connectivity index (χ2n) is 12.1. The summed E-state index contributed by atoms with van der Waals surface area (Å²) in [5.41, 5.74) is 0.813. The number of piperidine rings is 1. The zero-order chi connectivity index (χ0) is 37.2. The lowest BCUT2D eigenvalue weighted by Crippen LogP contribution is -2.31. The molecular formula is C32H31F7N6O6. The molecule has 2 saturated heterocycles. The molecule has 0 radical (unpaired) electrons. The number of nitrogens with zero attached hydrogens (tertiary/aromatic N) is 4. The minimum Gasteiger partial charge on any atom is -0.508 e. The number of benzene rings is 2. The van der Waals surface area contributed by atoms with Crippen LogP contribution in [-0.2, 0) is 9.59 Å². The van der Waals surface area contributed by atoms with Crippen LogP contribution in [0.25, 0.3) is 32.9 Å². The number of halogens is 7. The van der Waals surface area contributed by atoms with E-state index >= 15 is 4.39 Å². The van der Waals surface area contributed by atoms with E-state index in [1.165, 1.54) is 0 Å². The second kappa shape index (κ2) is 14.7. The predicted molar refractivity (Wildman–Crippen MR) is 168 cm³/mol. The van der Waals surface area contributed by atoms with Gasteiger partial charge >= 0.3 is 30.3 Å². The summed E-state index contributed by atoms with van der Waals surface area (Å²) < 4.78 is 85.7. The fourth-order valence-corrected chi connectivity index (χ4v) is 6.04. The maximum absolute atomic E-state index is 16.2. The molecular weight excluding hydrogens is 697 g/mol. The van der Waals surface area contributed by atoms with Gasteiger partial charge in [0.1, 0.15) is 29.4 Å². The van der Waals surface area contributed by atoms with E-state index in [9.17, 15) is 31.4 Å². The molecule has 4 heterocycles. The number of aromatic nitrogens is 3. The highest BCUT2D eigenvalue weighted by Crippen LogP contribution is 2.45. The monoisotopic (exact) mass is 728 g/mol. The molecule has 19 heteroatoms. The number of rotatable bonds is 6. The summed E-state index contributed by atoms with van der Waals surface area (Å²) in [4.78, 5) is 33.8. The number of anilines is 1. The number of likely N-dealkylation sites (tertiary alicyclic amines) is 1. The highest BCUT2D eigenvalue weighted by atomic mass is 19.4. The van der Waals surface area contributed by atoms with Crippen molar-refractivity contribution in [3.05, 3.63) is 48.4 Å². The zero-order valence-electron chi connectivity index (χ0n) is 26.6. The van der Waals surface area contributed by atoms with Crippen LogP contribution in [0.3, 0.4) is 0 Å². The second-order valence-corrected chi connectivity index (χ2v) is 12.1. The Hall–Kier alpha value is -5.04. The van der Waals surface area contributed by atoms with Crippen molar-refractivity contribution in [3.63, 3.8) is 0 Å². The molecule has 274 valence electrons. The van der Waals surface area contributed by atoms with E-state index in [4.69, 9.17) is 24.5 Å². The van der Waals surface area contributed by atoms with Gasteiger partial charge in [0.05, 0.1) is 5.39 Å². The van der Waals surface area contributed by atoms with Crippen molar-refractivity contribution >= 4 is 39.4 Å². The van der Waals surface area contributed by atoms with E-state index in [-0.39, 0.29) is 23.0 Å². The fourth-order valence-electron chi connectivity index (χ4n) is 6.04. The Balaban J connectivity index is 0.000000307. The van der Waals surface area contributed by atoms with Crippen LogP contribution >= 0.6 is 0 Å². The standard InChI is InChI=1S/C28H29FN6O2.2C2HF3O2/c1-35-8-4-6-16(35)14-37-28-33-26-22(27(34-28)32-24-20-11-30-12-21(20)24)13-31-25(23(26)29)19-10-17(36)9-15-5-2-3-7-18(15)19;2*3-2(4,5)1(6)7/h2-3,5,7,9-10,13,16,20-21,24,30,36H,4,6,8,11-12,14H2,1H3,(H,32,33,34);2*(H,6,7)/t16-,20?,21?,24?;;/m0../s1. The molecule has 3 atom stereocenters. The number of phenols is 1. The molecule has 2 aromatic heterocycles. The highest BCUT2D eigenvalue weighted by molar-refractivity contribution is 5.99. The van der Waals surface area contributed by atoms with Gasteiger partial charge in [-0.05, 0) is 61.2 Å². The van der Waals surface area contributed by atoms with Crippen molar-refractivity contribution in [2.75, 3.05) is 38.6 Å². The van der Waals surface area contributed by atoms with E-state index in [0.717, 1.165) is 43.2 Å². The smallest absolute Gasteiger partial charge is 0.490 e. The van der Waals surface area contributed by atoms with Gasteiger partial charge in [0.25, 0.3) is 0 Å². The Morgan fingerprint density at radius 1 is 1.00 bits per heavy atom. The Bertz CT molecular complexity index is 1890. The van der Waals surface area contributed by atoms with Gasteiger partial charge in [-0.2, -0.15) is 36.3 Å². The SMILES string of the molecule is CN1CCC[C@H]1COc1nc(NC2C3CNCC32)c2cnc(-c3cc(O)cc4ccccc34)c(F)c2n1.O=C(O)C(F)(F)F.O=C(O)C(F)(F)F. The average molecular weight is 729 g/mol. The van der Waals surface area contributed by atoms with Crippen LogP contribution in [0.1, 0.15) is 12.8 Å². The lowest BCUT2D eigenvalue weighted by atomic mass is 10.0. The molecule has 3 aliphatic rings. The summed E-state index contributed by atoms with van der Waals surface area (Å²) in [6, 6.07) is 11.5. The first-order valence-corrected chi connectivity index (χ1v) is 15.4. The maximum Gasteiger partial charge on any atom is 0.490 e. The molecule has 0 amide bonds. The van der Waals surface area contributed by atoms with Crippen molar-refractivity contribution in [1.29, 1.82) is 0 Å². The van der Waals surface area contributed by atoms with Crippen molar-refractivity contribution in [3.8, 4) is 23.0 Å². The van der Waals surface area contributed by atoms with Crippen molar-refractivity contribution in [2.45, 2.75) is 37.3 Å². The number of likely N-dealkylation sites (N-methyl/N-ethyl adjacent to an activating group) is 1. The Morgan fingerprint density at radius 3 is 2.22 bits per heavy atom. The van der Waals surface area contributed by atoms with Gasteiger partial charge in [-0.3, -0.25) is 4.98 Å². The molecule has 1 saturated carbocycles. The largest absolute Gasteiger partial charge is 0.508 e. The number of nitrogens with one attached hydrogen (secondary N) is 2. The van der Waals surface area contributed by atoms with Crippen molar-refractivity contribution in [1.82, 2.24) is 25.2 Å². The average Bonchev–Trinajstić information content (AvgIpc) is 3.34. The number of alkyl halides is 6. The lowest BCUT2D eigenvalue weighted by Gasteiger charge is -2.19. The molecule has 0 bridgehead atoms. The van der Waals surface area contributed by atoms with Crippen LogP contribution in [-0.4, -0.2) is 105 Å². The minimum atomic E-state index is -5.08. The number of fused-ring (bicyclic) bond motifs is 3. The quantitative estimate of drug-likeness (QED) is 0.168. The molecule has 2 unspecified atom stereocenters. The first-order valence-electron chi connectivity index (χ1n) is 15.4. The van der Waals surface area contributed by atoms with Crippen molar-refractivity contribution < 1.29 is 60.4 Å². The molecule has 2 aliphatic heterocycles. The number of aliphatic carboxylic acids is 2. The van der Waals surface area contributed by atoms with E-state index in [1.807, 2.05) is 24.3 Å². The van der Waals surface area contributed by atoms with E-state index in [2.05, 4.69) is 37.5 Å². The number of hydrogen-bond acceptors (Lipinski definition) is 10. The van der Waals surface area contributed by atoms with Crippen LogP contribution in [0.2, 0.25) is 0 Å². The molecule has 5 N–H and O–H groups in total. The Morgan fingerprint density at radius 2 is 1.63 bits per heavy atom. The van der Waals surface area contributed by atoms with Gasteiger partial charge in [-0.15, -0.1) is 0 Å². The van der Waals surface area contributed by atoms with Gasteiger partial charge < -0.3 is 35.6 Å². The van der Waals surface area contributed by atoms with Gasteiger partial charge in [0, 0.05) is 36.9 Å². The zero-order valence-corrected chi connectivity index (χ0v) is 26.6. The Kier molecular flexibility index (Phi) is 10.7. The Labute approximate surface area is 284 Å². The topological polar surface area (TPSA) is 170 Å². The molecule has 1 aliphatic carbocycles. The number of carboxylic acids is 2. The minimum absolute atomic E-state index is 0.0543. The number of carboxylic acid groups (broad SMARTS) is 2. The number of carbonyl (C=O) groups is 2. The lowest BCUT2D eigenvalue weighted by molar-refractivity contribution is -0.193. The van der Waals surface area contributed by atoms with Gasteiger partial charge in [-0.1, -0.05) is 24.3 Å². The summed E-state index contributed by atoms with van der Waals surface area (Å²) in [6.07, 6.45) is -6.35. The molecule has 2 aromatic carbocycles. The number of pyridine rings is 1. The van der Waals surface area contributed by atoms with E-state index in [1.54, 1.807) is 18.3 Å². The number of hydrogen-bond donors (Lipinski definition) is 5. The van der Waals surface area contributed by atoms with E-state index < -0.39 is 30.1 Å². The van der Waals surface area contributed by atoms with Crippen LogP contribution in [0.4, 0.5) is 36.6 Å². The highest BCUT2D eigenvalue weighted by Gasteiger charge is 2.53. The first kappa shape index (κ1) is 37.2. The van der Waals surface area contributed by atoms with Crippen LogP contribution in [0.5, 0.6) is 11.8 Å². The van der Waals surface area contributed by atoms with Gasteiger partial charge in [0.15, 0.2) is 5.82 Å². The maximum atomic E-state index is 16.2. The third-order valence-electron chi connectivity index (χ3n) is 8.72. The number of aromatic hydroxyl groups is 1. The first-order chi connectivity index (χ1) is 24.0. The van der Waals surface area contributed by atoms with Crippen LogP contribution in [0.15, 0.2) is 42.6 Å². The fraction of sp³-hybridized carbons (Fsp3) is 0.406. The van der Waals surface area contributed by atoms with E-state index in [0.29, 0.717) is 47.3 Å². The molecule has 51 heavy (non-hydrogen) atoms. The van der Waals surface area contributed by atoms with Crippen molar-refractivity contribution in [2.24, 2.45) is 11.8 Å². The summed E-state index contributed by atoms with van der Waals surface area (Å²) >= 11 is 0. The third-order valence-corrected chi connectivity index (χ3v) is 8.72. The molecule has 12 nitrogen and oxygen atoms in total. The molecule has 0 spiro atoms. The summed E-state index contributed by atoms with van der Waals surface area (Å²) in [6.45, 7) is 3.45. The third kappa shape index (κ3) is 8.65. The van der Waals surface area contributed by atoms with Crippen LogP contribution < -0.4 is 15.4 Å². The summed E-state index contributed by atoms with van der Waals surface area (Å²) in [5, 5.41) is 33.6.